The summed E-state index contributed by atoms with van der Waals surface area (Å²) in [6.07, 6.45) is 2.28. The normalized spacial score (nSPS) is 20.1. The van der Waals surface area contributed by atoms with Gasteiger partial charge in [-0.05, 0) is 30.9 Å². The van der Waals surface area contributed by atoms with Gasteiger partial charge in [-0.2, -0.15) is 0 Å². The maximum atomic E-state index is 12.6. The number of nitrogens with zero attached hydrogens (tertiary/aromatic N) is 2. The number of rotatable bonds is 1. The van der Waals surface area contributed by atoms with E-state index in [-0.39, 0.29) is 11.3 Å². The Morgan fingerprint density at radius 1 is 1.40 bits per heavy atom. The first-order valence-electron chi connectivity index (χ1n) is 7.24. The van der Waals surface area contributed by atoms with Crippen molar-refractivity contribution in [2.75, 3.05) is 13.1 Å². The lowest BCUT2D eigenvalue weighted by Gasteiger charge is -2.31. The predicted octanol–water partition coefficient (Wildman–Crippen LogP) is 3.90. The molecule has 1 unspecified atom stereocenters. The Morgan fingerprint density at radius 2 is 2.10 bits per heavy atom. The zero-order valence-electron chi connectivity index (χ0n) is 12.7. The van der Waals surface area contributed by atoms with Gasteiger partial charge in [-0.3, -0.25) is 4.79 Å². The molecule has 1 saturated heterocycles. The van der Waals surface area contributed by atoms with Crippen LogP contribution in [0.4, 0.5) is 0 Å². The van der Waals surface area contributed by atoms with Crippen LogP contribution in [0.3, 0.4) is 0 Å². The van der Waals surface area contributed by atoms with Gasteiger partial charge in [0.2, 0.25) is 0 Å². The third kappa shape index (κ3) is 3.51. The van der Waals surface area contributed by atoms with E-state index in [1.807, 2.05) is 11.0 Å². The van der Waals surface area contributed by atoms with E-state index >= 15 is 0 Å². The van der Waals surface area contributed by atoms with Crippen LogP contribution in [-0.4, -0.2) is 28.9 Å². The maximum absolute atomic E-state index is 12.6. The van der Waals surface area contributed by atoms with Crippen LogP contribution in [0.1, 0.15) is 56.6 Å². The molecule has 4 heteroatoms. The second kappa shape index (κ2) is 5.72. The molecule has 1 aromatic heterocycles. The van der Waals surface area contributed by atoms with Crippen LogP contribution >= 0.6 is 11.6 Å². The van der Waals surface area contributed by atoms with Gasteiger partial charge in [0.1, 0.15) is 5.15 Å². The number of likely N-dealkylation sites (tertiary alicyclic amines) is 1. The summed E-state index contributed by atoms with van der Waals surface area (Å²) in [5.41, 5.74) is 1.40. The van der Waals surface area contributed by atoms with E-state index in [0.29, 0.717) is 16.6 Å². The summed E-state index contributed by atoms with van der Waals surface area (Å²) in [6, 6.07) is 3.56. The SMILES string of the molecule is CC1CCCN(C(=O)c2cc(Cl)nc(C(C)(C)C)c2)C1. The summed E-state index contributed by atoms with van der Waals surface area (Å²) in [5, 5.41) is 0.394. The molecule has 1 aliphatic heterocycles. The van der Waals surface area contributed by atoms with Gasteiger partial charge in [-0.25, -0.2) is 4.98 Å². The van der Waals surface area contributed by atoms with Crippen LogP contribution in [-0.2, 0) is 5.41 Å². The van der Waals surface area contributed by atoms with E-state index < -0.39 is 0 Å². The van der Waals surface area contributed by atoms with Crippen LogP contribution < -0.4 is 0 Å². The molecule has 1 aliphatic rings. The largest absolute Gasteiger partial charge is 0.338 e. The van der Waals surface area contributed by atoms with Crippen molar-refractivity contribution in [1.82, 2.24) is 9.88 Å². The molecule has 2 rings (SSSR count). The number of hydrogen-bond acceptors (Lipinski definition) is 2. The smallest absolute Gasteiger partial charge is 0.254 e. The van der Waals surface area contributed by atoms with Crippen molar-refractivity contribution < 1.29 is 4.79 Å². The molecule has 2 heterocycles. The van der Waals surface area contributed by atoms with Crippen LogP contribution in [0.5, 0.6) is 0 Å². The van der Waals surface area contributed by atoms with E-state index in [9.17, 15) is 4.79 Å². The lowest BCUT2D eigenvalue weighted by molar-refractivity contribution is 0.0682. The van der Waals surface area contributed by atoms with Crippen molar-refractivity contribution in [3.8, 4) is 0 Å². The molecular weight excluding hydrogens is 272 g/mol. The van der Waals surface area contributed by atoms with Crippen molar-refractivity contribution in [1.29, 1.82) is 0 Å². The summed E-state index contributed by atoms with van der Waals surface area (Å²) in [4.78, 5) is 18.9. The molecule has 0 radical (unpaired) electrons. The number of hydrogen-bond donors (Lipinski definition) is 0. The van der Waals surface area contributed by atoms with Gasteiger partial charge < -0.3 is 4.90 Å². The summed E-state index contributed by atoms with van der Waals surface area (Å²) in [5.74, 6) is 0.651. The minimum absolute atomic E-state index is 0.0753. The molecule has 0 aliphatic carbocycles. The van der Waals surface area contributed by atoms with Crippen molar-refractivity contribution in [3.63, 3.8) is 0 Å². The third-order valence-electron chi connectivity index (χ3n) is 3.75. The number of aromatic nitrogens is 1. The second-order valence-corrected chi connectivity index (χ2v) is 7.20. The fourth-order valence-electron chi connectivity index (χ4n) is 2.56. The zero-order chi connectivity index (χ0) is 14.9. The number of carbonyl (C=O) groups is 1. The Balaban J connectivity index is 2.28. The molecule has 110 valence electrons. The van der Waals surface area contributed by atoms with Gasteiger partial charge in [0.05, 0.1) is 0 Å². The Bertz CT molecular complexity index is 508. The lowest BCUT2D eigenvalue weighted by atomic mass is 9.90. The average Bonchev–Trinajstić information content (AvgIpc) is 2.36. The van der Waals surface area contributed by atoms with Gasteiger partial charge >= 0.3 is 0 Å². The fraction of sp³-hybridized carbons (Fsp3) is 0.625. The van der Waals surface area contributed by atoms with Crippen LogP contribution in [0, 0.1) is 5.92 Å². The first kappa shape index (κ1) is 15.3. The van der Waals surface area contributed by atoms with Crippen molar-refractivity contribution in [2.45, 2.75) is 46.0 Å². The molecule has 0 aromatic carbocycles. The van der Waals surface area contributed by atoms with Gasteiger partial charge in [0.15, 0.2) is 0 Å². The van der Waals surface area contributed by atoms with Crippen molar-refractivity contribution >= 4 is 17.5 Å². The Kier molecular flexibility index (Phi) is 4.38. The molecule has 3 nitrogen and oxygen atoms in total. The van der Waals surface area contributed by atoms with E-state index in [2.05, 4.69) is 32.7 Å². The predicted molar refractivity (Wildman–Crippen MR) is 82.2 cm³/mol. The molecule has 0 N–H and O–H groups in total. The highest BCUT2D eigenvalue weighted by molar-refractivity contribution is 6.29. The summed E-state index contributed by atoms with van der Waals surface area (Å²) in [7, 11) is 0. The Morgan fingerprint density at radius 3 is 2.70 bits per heavy atom. The van der Waals surface area contributed by atoms with Crippen molar-refractivity contribution in [3.05, 3.63) is 28.5 Å². The van der Waals surface area contributed by atoms with Gasteiger partial charge in [0.25, 0.3) is 5.91 Å². The third-order valence-corrected chi connectivity index (χ3v) is 3.95. The zero-order valence-corrected chi connectivity index (χ0v) is 13.5. The quantitative estimate of drug-likeness (QED) is 0.736. The molecule has 1 fully saturated rings. The Labute approximate surface area is 126 Å². The number of amides is 1. The number of halogens is 1. The second-order valence-electron chi connectivity index (χ2n) is 6.81. The first-order chi connectivity index (χ1) is 9.27. The molecule has 1 aromatic rings. The van der Waals surface area contributed by atoms with Crippen LogP contribution in [0.15, 0.2) is 12.1 Å². The van der Waals surface area contributed by atoms with E-state index in [1.165, 1.54) is 6.42 Å². The minimum Gasteiger partial charge on any atom is -0.338 e. The average molecular weight is 295 g/mol. The molecular formula is C16H23ClN2O. The van der Waals surface area contributed by atoms with Crippen molar-refractivity contribution in [2.24, 2.45) is 5.92 Å². The van der Waals surface area contributed by atoms with Crippen LogP contribution in [0.25, 0.3) is 0 Å². The highest BCUT2D eigenvalue weighted by Gasteiger charge is 2.24. The number of carbonyl (C=O) groups excluding carboxylic acids is 1. The molecule has 0 bridgehead atoms. The molecule has 0 spiro atoms. The van der Waals surface area contributed by atoms with E-state index in [1.54, 1.807) is 6.07 Å². The summed E-state index contributed by atoms with van der Waals surface area (Å²) >= 11 is 6.09. The number of piperidine rings is 1. The van der Waals surface area contributed by atoms with E-state index in [0.717, 1.165) is 25.2 Å². The summed E-state index contributed by atoms with van der Waals surface area (Å²) < 4.78 is 0. The topological polar surface area (TPSA) is 33.2 Å². The summed E-state index contributed by atoms with van der Waals surface area (Å²) in [6.45, 7) is 10.1. The molecule has 0 saturated carbocycles. The van der Waals surface area contributed by atoms with Crippen LogP contribution in [0.2, 0.25) is 5.15 Å². The van der Waals surface area contributed by atoms with Gasteiger partial charge in [-0.15, -0.1) is 0 Å². The van der Waals surface area contributed by atoms with Gasteiger partial charge in [-0.1, -0.05) is 39.3 Å². The Hall–Kier alpha value is -1.09. The molecule has 20 heavy (non-hydrogen) atoms. The highest BCUT2D eigenvalue weighted by atomic mass is 35.5. The van der Waals surface area contributed by atoms with E-state index in [4.69, 9.17) is 11.6 Å². The lowest BCUT2D eigenvalue weighted by Crippen LogP contribution is -2.39. The fourth-order valence-corrected chi connectivity index (χ4v) is 2.77. The molecule has 1 amide bonds. The highest BCUT2D eigenvalue weighted by Crippen LogP contribution is 2.25. The monoisotopic (exact) mass is 294 g/mol. The van der Waals surface area contributed by atoms with Gasteiger partial charge in [0, 0.05) is 29.8 Å². The maximum Gasteiger partial charge on any atom is 0.254 e. The number of pyridine rings is 1. The first-order valence-corrected chi connectivity index (χ1v) is 7.62. The molecule has 1 atom stereocenters. The standard InChI is InChI=1S/C16H23ClN2O/c1-11-6-5-7-19(10-11)15(20)12-8-13(16(2,3)4)18-14(17)9-12/h8-9,11H,5-7,10H2,1-4H3. The minimum atomic E-state index is -0.116.